The summed E-state index contributed by atoms with van der Waals surface area (Å²) in [4.78, 5) is 27.1. The number of piperazine rings is 1. The van der Waals surface area contributed by atoms with Gasteiger partial charge in [0.15, 0.2) is 0 Å². The largest absolute Gasteiger partial charge is 0.328 e. The second-order valence-corrected chi connectivity index (χ2v) is 6.87. The first-order valence-corrected chi connectivity index (χ1v) is 7.58. The topological polar surface area (TPSA) is 40.6 Å². The number of carbonyl (C=O) groups excluding carboxylic acids is 2. The quantitative estimate of drug-likeness (QED) is 0.590. The average Bonchev–Trinajstić information content (AvgIpc) is 2.36. The summed E-state index contributed by atoms with van der Waals surface area (Å²) in [5, 5.41) is 0. The number of halogens is 2. The molecule has 0 N–H and O–H groups in total. The molecule has 6 heteroatoms. The van der Waals surface area contributed by atoms with Crippen LogP contribution in [-0.4, -0.2) is 46.6 Å². The van der Waals surface area contributed by atoms with Gasteiger partial charge in [-0.1, -0.05) is 20.8 Å². The van der Waals surface area contributed by atoms with Gasteiger partial charge in [0.05, 0.1) is 0 Å². The molecule has 0 aromatic heterocycles. The SMILES string of the molecule is CC(C)CC1C(=O)N(C)/C(=C/[C@H](C)C(Cl)Cl)C(=O)N1C. The van der Waals surface area contributed by atoms with Gasteiger partial charge in [-0.2, -0.15) is 0 Å². The van der Waals surface area contributed by atoms with Crippen LogP contribution in [0.1, 0.15) is 27.2 Å². The van der Waals surface area contributed by atoms with Crippen molar-refractivity contribution in [1.82, 2.24) is 9.80 Å². The second kappa shape index (κ2) is 6.81. The first-order valence-electron chi connectivity index (χ1n) is 6.71. The van der Waals surface area contributed by atoms with Crippen LogP contribution in [0.5, 0.6) is 0 Å². The van der Waals surface area contributed by atoms with Crippen LogP contribution in [0.2, 0.25) is 0 Å². The smallest absolute Gasteiger partial charge is 0.270 e. The fourth-order valence-electron chi connectivity index (χ4n) is 2.18. The summed E-state index contributed by atoms with van der Waals surface area (Å²) in [6.07, 6.45) is 2.31. The highest BCUT2D eigenvalue weighted by atomic mass is 35.5. The summed E-state index contributed by atoms with van der Waals surface area (Å²) in [6.45, 7) is 5.87. The van der Waals surface area contributed by atoms with Gasteiger partial charge < -0.3 is 9.80 Å². The number of allylic oxidation sites excluding steroid dienone is 1. The van der Waals surface area contributed by atoms with Gasteiger partial charge in [0.25, 0.3) is 5.91 Å². The van der Waals surface area contributed by atoms with Crippen LogP contribution in [0.4, 0.5) is 0 Å². The van der Waals surface area contributed by atoms with Crippen LogP contribution in [0.25, 0.3) is 0 Å². The van der Waals surface area contributed by atoms with E-state index in [4.69, 9.17) is 23.2 Å². The standard InChI is InChI=1S/C14H22Cl2N2O2/c1-8(2)6-10-13(19)18(5)11(14(20)17(10)4)7-9(3)12(15)16/h7-10,12H,6H2,1-5H3/b11-7+/t9-,10?/m0/s1. The predicted octanol–water partition coefficient (Wildman–Crippen LogP) is 2.66. The third-order valence-corrected chi connectivity index (χ3v) is 4.29. The monoisotopic (exact) mass is 320 g/mol. The zero-order valence-electron chi connectivity index (χ0n) is 12.6. The molecule has 1 aliphatic rings. The van der Waals surface area contributed by atoms with Crippen molar-refractivity contribution in [2.75, 3.05) is 14.1 Å². The van der Waals surface area contributed by atoms with Crippen LogP contribution in [0, 0.1) is 11.8 Å². The Hall–Kier alpha value is -0.740. The maximum absolute atomic E-state index is 12.4. The van der Waals surface area contributed by atoms with E-state index < -0.39 is 10.9 Å². The summed E-state index contributed by atoms with van der Waals surface area (Å²) in [7, 11) is 3.29. The summed E-state index contributed by atoms with van der Waals surface area (Å²) in [6, 6.07) is -0.400. The Bertz CT molecular complexity index is 421. The Morgan fingerprint density at radius 2 is 1.75 bits per heavy atom. The van der Waals surface area contributed by atoms with E-state index in [0.717, 1.165) is 0 Å². The van der Waals surface area contributed by atoms with Crippen LogP contribution in [0.3, 0.4) is 0 Å². The van der Waals surface area contributed by atoms with Crippen LogP contribution >= 0.6 is 23.2 Å². The Morgan fingerprint density at radius 1 is 1.20 bits per heavy atom. The molecule has 0 aromatic carbocycles. The summed E-state index contributed by atoms with van der Waals surface area (Å²) in [5.41, 5.74) is 0.344. The Morgan fingerprint density at radius 3 is 2.20 bits per heavy atom. The Kier molecular flexibility index (Phi) is 5.90. The van der Waals surface area contributed by atoms with E-state index in [1.807, 2.05) is 20.8 Å². The van der Waals surface area contributed by atoms with E-state index in [1.165, 1.54) is 9.80 Å². The number of likely N-dealkylation sites (N-methyl/N-ethyl adjacent to an activating group) is 2. The number of carbonyl (C=O) groups is 2. The molecule has 4 nitrogen and oxygen atoms in total. The molecule has 0 radical (unpaired) electrons. The lowest BCUT2D eigenvalue weighted by molar-refractivity contribution is -0.149. The average molecular weight is 321 g/mol. The lowest BCUT2D eigenvalue weighted by Gasteiger charge is -2.39. The van der Waals surface area contributed by atoms with Gasteiger partial charge in [0.1, 0.15) is 16.6 Å². The number of alkyl halides is 2. The molecule has 1 fully saturated rings. The third-order valence-electron chi connectivity index (χ3n) is 3.50. The van der Waals surface area contributed by atoms with E-state index in [1.54, 1.807) is 20.2 Å². The van der Waals surface area contributed by atoms with E-state index in [2.05, 4.69) is 0 Å². The maximum atomic E-state index is 12.4. The van der Waals surface area contributed by atoms with Crippen molar-refractivity contribution >= 4 is 35.0 Å². The molecule has 20 heavy (non-hydrogen) atoms. The predicted molar refractivity (Wildman–Crippen MR) is 81.5 cm³/mol. The van der Waals surface area contributed by atoms with Gasteiger partial charge in [-0.25, -0.2) is 0 Å². The van der Waals surface area contributed by atoms with Crippen LogP contribution in [-0.2, 0) is 9.59 Å². The fourth-order valence-corrected chi connectivity index (χ4v) is 2.33. The Labute approximate surface area is 130 Å². The normalized spacial score (nSPS) is 24.2. The van der Waals surface area contributed by atoms with Crippen LogP contribution < -0.4 is 0 Å². The lowest BCUT2D eigenvalue weighted by Crippen LogP contribution is -2.56. The van der Waals surface area contributed by atoms with Gasteiger partial charge in [-0.05, 0) is 18.4 Å². The molecule has 1 saturated heterocycles. The number of hydrogen-bond acceptors (Lipinski definition) is 2. The number of rotatable bonds is 4. The fraction of sp³-hybridized carbons (Fsp3) is 0.714. The molecule has 0 saturated carbocycles. The molecule has 0 aliphatic carbocycles. The minimum atomic E-state index is -0.613. The van der Waals surface area contributed by atoms with Crippen molar-refractivity contribution in [2.45, 2.75) is 38.1 Å². The summed E-state index contributed by atoms with van der Waals surface area (Å²) >= 11 is 11.6. The molecule has 0 spiro atoms. The molecular formula is C14H22Cl2N2O2. The van der Waals surface area contributed by atoms with Crippen LogP contribution in [0.15, 0.2) is 11.8 Å². The summed E-state index contributed by atoms with van der Waals surface area (Å²) < 4.78 is 0. The van der Waals surface area contributed by atoms with Crippen molar-refractivity contribution in [3.05, 3.63) is 11.8 Å². The molecule has 0 bridgehead atoms. The molecule has 2 amide bonds. The highest BCUT2D eigenvalue weighted by Gasteiger charge is 2.39. The maximum Gasteiger partial charge on any atom is 0.270 e. The molecular weight excluding hydrogens is 299 g/mol. The van der Waals surface area contributed by atoms with E-state index in [0.29, 0.717) is 18.0 Å². The number of hydrogen-bond donors (Lipinski definition) is 0. The van der Waals surface area contributed by atoms with Gasteiger partial charge in [0, 0.05) is 20.0 Å². The zero-order chi connectivity index (χ0) is 15.6. The van der Waals surface area contributed by atoms with Gasteiger partial charge in [0.2, 0.25) is 5.91 Å². The molecule has 2 atom stereocenters. The minimum absolute atomic E-state index is 0.0695. The van der Waals surface area contributed by atoms with Gasteiger partial charge in [-0.15, -0.1) is 23.2 Å². The molecule has 114 valence electrons. The van der Waals surface area contributed by atoms with E-state index in [-0.39, 0.29) is 17.7 Å². The highest BCUT2D eigenvalue weighted by Crippen LogP contribution is 2.25. The van der Waals surface area contributed by atoms with Crippen molar-refractivity contribution in [2.24, 2.45) is 11.8 Å². The zero-order valence-corrected chi connectivity index (χ0v) is 14.1. The van der Waals surface area contributed by atoms with Gasteiger partial charge >= 0.3 is 0 Å². The van der Waals surface area contributed by atoms with E-state index in [9.17, 15) is 9.59 Å². The first kappa shape index (κ1) is 17.3. The van der Waals surface area contributed by atoms with E-state index >= 15 is 0 Å². The summed E-state index contributed by atoms with van der Waals surface area (Å²) in [5.74, 6) is -0.103. The van der Waals surface area contributed by atoms with Crippen molar-refractivity contribution < 1.29 is 9.59 Å². The third kappa shape index (κ3) is 3.67. The second-order valence-electron chi connectivity index (χ2n) is 5.70. The van der Waals surface area contributed by atoms with Gasteiger partial charge in [-0.3, -0.25) is 9.59 Å². The van der Waals surface area contributed by atoms with Crippen molar-refractivity contribution in [3.8, 4) is 0 Å². The lowest BCUT2D eigenvalue weighted by atomic mass is 9.98. The molecule has 1 heterocycles. The molecule has 0 aromatic rings. The van der Waals surface area contributed by atoms with Crippen molar-refractivity contribution in [1.29, 1.82) is 0 Å². The van der Waals surface area contributed by atoms with Crippen molar-refractivity contribution in [3.63, 3.8) is 0 Å². The molecule has 1 rings (SSSR count). The number of nitrogens with zero attached hydrogens (tertiary/aromatic N) is 2. The minimum Gasteiger partial charge on any atom is -0.328 e. The first-order chi connectivity index (χ1) is 9.16. The Balaban J connectivity index is 3.05. The highest BCUT2D eigenvalue weighted by molar-refractivity contribution is 6.44. The molecule has 1 aliphatic heterocycles. The molecule has 1 unspecified atom stereocenters. The number of amides is 2.